The molecule has 14 heteroatoms. The number of nitrogens with zero attached hydrogens (tertiary/aromatic N) is 2. The number of halogens is 6. The summed E-state index contributed by atoms with van der Waals surface area (Å²) >= 11 is 0. The highest BCUT2D eigenvalue weighted by atomic mass is 32.2. The van der Waals surface area contributed by atoms with E-state index in [2.05, 4.69) is 5.16 Å². The molecule has 1 N–H and O–H groups in total. The molecule has 41 heavy (non-hydrogen) atoms. The molecule has 0 aliphatic rings. The van der Waals surface area contributed by atoms with Gasteiger partial charge in [0.1, 0.15) is 12.3 Å². The van der Waals surface area contributed by atoms with E-state index in [9.17, 15) is 44.7 Å². The molecule has 3 rings (SSSR count). The van der Waals surface area contributed by atoms with E-state index in [-0.39, 0.29) is 40.4 Å². The summed E-state index contributed by atoms with van der Waals surface area (Å²) in [7, 11) is -2.91. The van der Waals surface area contributed by atoms with Gasteiger partial charge in [0.25, 0.3) is 0 Å². The number of benzene rings is 3. The van der Waals surface area contributed by atoms with Crippen molar-refractivity contribution >= 4 is 21.7 Å². The maximum Gasteiger partial charge on any atom is 0.416 e. The first-order valence-corrected chi connectivity index (χ1v) is 13.3. The smallest absolute Gasteiger partial charge is 0.416 e. The summed E-state index contributed by atoms with van der Waals surface area (Å²) in [5.74, 6) is -1.21. The third-order valence-electron chi connectivity index (χ3n) is 6.01. The van der Waals surface area contributed by atoms with Crippen molar-refractivity contribution < 1.29 is 49.5 Å². The van der Waals surface area contributed by atoms with Gasteiger partial charge in [0.05, 0.1) is 29.0 Å². The van der Waals surface area contributed by atoms with Crippen molar-refractivity contribution in [2.75, 3.05) is 20.2 Å². The van der Waals surface area contributed by atoms with Crippen LogP contribution in [0.1, 0.15) is 33.4 Å². The third-order valence-corrected chi connectivity index (χ3v) is 7.95. The van der Waals surface area contributed by atoms with Crippen molar-refractivity contribution in [3.63, 3.8) is 0 Å². The van der Waals surface area contributed by atoms with Crippen molar-refractivity contribution in [1.82, 2.24) is 4.31 Å². The average molecular weight is 603 g/mol. The fraction of sp³-hybridized carbons (Fsp3) is 0.259. The molecule has 0 saturated carbocycles. The van der Waals surface area contributed by atoms with E-state index in [1.54, 1.807) is 13.0 Å². The van der Waals surface area contributed by atoms with E-state index in [1.807, 2.05) is 0 Å². The van der Waals surface area contributed by atoms with Crippen LogP contribution in [0.5, 0.6) is 0 Å². The number of carboxylic acids is 1. The minimum atomic E-state index is -4.61. The van der Waals surface area contributed by atoms with Gasteiger partial charge in [-0.1, -0.05) is 41.6 Å². The lowest BCUT2D eigenvalue weighted by Crippen LogP contribution is -2.31. The van der Waals surface area contributed by atoms with E-state index < -0.39 is 45.9 Å². The lowest BCUT2D eigenvalue weighted by atomic mass is 10.00. The number of sulfonamides is 1. The first kappa shape index (κ1) is 31.6. The Bertz CT molecular complexity index is 1460. The van der Waals surface area contributed by atoms with Gasteiger partial charge in [-0.15, -0.1) is 0 Å². The predicted molar refractivity (Wildman–Crippen MR) is 137 cm³/mol. The number of hydrogen-bond acceptors (Lipinski definition) is 5. The molecule has 0 fully saturated rings. The zero-order valence-corrected chi connectivity index (χ0v) is 22.4. The summed E-state index contributed by atoms with van der Waals surface area (Å²) in [6, 6.07) is 11.8. The molecule has 7 nitrogen and oxygen atoms in total. The molecule has 0 bridgehead atoms. The Morgan fingerprint density at radius 2 is 1.37 bits per heavy atom. The molecule has 0 radical (unpaired) electrons. The van der Waals surface area contributed by atoms with Crippen molar-refractivity contribution in [3.8, 4) is 0 Å². The maximum atomic E-state index is 13.1. The second kappa shape index (κ2) is 12.3. The average Bonchev–Trinajstić information content (AvgIpc) is 2.88. The molecule has 0 unspecified atom stereocenters. The summed E-state index contributed by atoms with van der Waals surface area (Å²) in [6.45, 7) is 0.972. The molecule has 0 spiro atoms. The normalized spacial score (nSPS) is 12.3. The molecule has 0 aromatic heterocycles. The van der Waals surface area contributed by atoms with Crippen LogP contribution in [-0.4, -0.2) is 49.7 Å². The molecule has 3 aromatic rings. The number of aryl methyl sites for hydroxylation is 1. The van der Waals surface area contributed by atoms with Gasteiger partial charge in [0.2, 0.25) is 10.0 Å². The first-order valence-electron chi connectivity index (χ1n) is 11.8. The summed E-state index contributed by atoms with van der Waals surface area (Å²) < 4.78 is 105. The van der Waals surface area contributed by atoms with Gasteiger partial charge < -0.3 is 9.94 Å². The van der Waals surface area contributed by atoms with Crippen LogP contribution in [0, 0.1) is 6.92 Å². The van der Waals surface area contributed by atoms with Gasteiger partial charge in [-0.25, -0.2) is 8.42 Å². The van der Waals surface area contributed by atoms with Gasteiger partial charge >= 0.3 is 18.3 Å². The van der Waals surface area contributed by atoms with E-state index in [4.69, 9.17) is 4.84 Å². The van der Waals surface area contributed by atoms with Gasteiger partial charge in [-0.3, -0.25) is 4.79 Å². The SMILES string of the molecule is Cc1cccc(S(=O)(=O)N(C)CCON=C(c2ccc(C(F)(F)F)cc2)c2ccc(C(F)(F)F)cc2)c1CC(=O)O. The number of rotatable bonds is 10. The topological polar surface area (TPSA) is 96.3 Å². The third kappa shape index (κ3) is 7.85. The fourth-order valence-electron chi connectivity index (χ4n) is 3.77. The largest absolute Gasteiger partial charge is 0.481 e. The number of carbonyl (C=O) groups is 1. The van der Waals surface area contributed by atoms with Gasteiger partial charge in [-0.05, 0) is 48.4 Å². The quantitative estimate of drug-likeness (QED) is 0.138. The van der Waals surface area contributed by atoms with E-state index in [1.165, 1.54) is 19.2 Å². The Kier molecular flexibility index (Phi) is 9.49. The van der Waals surface area contributed by atoms with Crippen LogP contribution in [0.15, 0.2) is 76.8 Å². The highest BCUT2D eigenvalue weighted by Gasteiger charge is 2.31. The van der Waals surface area contributed by atoms with Gasteiger partial charge in [0, 0.05) is 18.2 Å². The molecule has 0 heterocycles. The zero-order valence-electron chi connectivity index (χ0n) is 21.6. The Morgan fingerprint density at radius 1 is 0.878 bits per heavy atom. The Morgan fingerprint density at radius 3 is 1.80 bits per heavy atom. The van der Waals surface area contributed by atoms with E-state index >= 15 is 0 Å². The van der Waals surface area contributed by atoms with E-state index in [0.29, 0.717) is 5.56 Å². The van der Waals surface area contributed by atoms with Crippen LogP contribution in [0.3, 0.4) is 0 Å². The molecule has 3 aromatic carbocycles. The Hall–Kier alpha value is -3.91. The van der Waals surface area contributed by atoms with Crippen LogP contribution in [0.25, 0.3) is 0 Å². The summed E-state index contributed by atoms with van der Waals surface area (Å²) in [5, 5.41) is 13.1. The molecule has 0 aliphatic heterocycles. The molecule has 0 atom stereocenters. The van der Waals surface area contributed by atoms with Gasteiger partial charge in [0.15, 0.2) is 0 Å². The number of aliphatic carboxylic acids is 1. The number of alkyl halides is 6. The Labute approximate surface area is 231 Å². The van der Waals surface area contributed by atoms with Crippen LogP contribution in [-0.2, 0) is 38.4 Å². The molecule has 0 saturated heterocycles. The monoisotopic (exact) mass is 602 g/mol. The Balaban J connectivity index is 1.85. The van der Waals surface area contributed by atoms with Crippen molar-refractivity contribution in [1.29, 1.82) is 0 Å². The second-order valence-electron chi connectivity index (χ2n) is 8.87. The first-order chi connectivity index (χ1) is 19.0. The maximum absolute atomic E-state index is 13.1. The summed E-state index contributed by atoms with van der Waals surface area (Å²) in [6.07, 6.45) is -9.74. The summed E-state index contributed by atoms with van der Waals surface area (Å²) in [5.41, 5.74) is -1.16. The van der Waals surface area contributed by atoms with Crippen LogP contribution in [0.2, 0.25) is 0 Å². The van der Waals surface area contributed by atoms with Crippen LogP contribution < -0.4 is 0 Å². The number of hydrogen-bond donors (Lipinski definition) is 1. The lowest BCUT2D eigenvalue weighted by molar-refractivity contribution is -0.138. The highest BCUT2D eigenvalue weighted by Crippen LogP contribution is 2.31. The van der Waals surface area contributed by atoms with Crippen LogP contribution >= 0.6 is 0 Å². The molecule has 220 valence electrons. The molecular weight excluding hydrogens is 578 g/mol. The summed E-state index contributed by atoms with van der Waals surface area (Å²) in [4.78, 5) is 16.3. The highest BCUT2D eigenvalue weighted by molar-refractivity contribution is 7.89. The minimum absolute atomic E-state index is 0.0830. The predicted octanol–water partition coefficient (Wildman–Crippen LogP) is 5.75. The standard InChI is InChI=1S/C27H24F6N2O5S/c1-17-4-3-5-23(22(17)16-24(36)37)41(38,39)35(2)14-15-40-34-25(18-6-10-20(11-7-18)26(28,29)30)19-8-12-21(13-9-19)27(31,32)33/h3-13H,14-16H2,1-2H3,(H,36,37). The molecule has 0 aliphatic carbocycles. The zero-order chi connectivity index (χ0) is 30.6. The number of carboxylic acid groups (broad SMARTS) is 1. The van der Waals surface area contributed by atoms with Crippen molar-refractivity contribution in [2.24, 2.45) is 5.16 Å². The lowest BCUT2D eigenvalue weighted by Gasteiger charge is -2.19. The number of likely N-dealkylation sites (N-methyl/N-ethyl adjacent to an activating group) is 1. The van der Waals surface area contributed by atoms with E-state index in [0.717, 1.165) is 52.8 Å². The second-order valence-corrected chi connectivity index (χ2v) is 10.9. The van der Waals surface area contributed by atoms with Gasteiger partial charge in [-0.2, -0.15) is 30.6 Å². The fourth-order valence-corrected chi connectivity index (χ4v) is 5.21. The minimum Gasteiger partial charge on any atom is -0.481 e. The number of oxime groups is 1. The molecular formula is C27H24F6N2O5S. The van der Waals surface area contributed by atoms with Crippen LogP contribution in [0.4, 0.5) is 26.3 Å². The van der Waals surface area contributed by atoms with Crippen molar-refractivity contribution in [2.45, 2.75) is 30.6 Å². The van der Waals surface area contributed by atoms with Crippen molar-refractivity contribution in [3.05, 3.63) is 100 Å². The molecule has 0 amide bonds.